The zero-order valence-electron chi connectivity index (χ0n) is 11.1. The summed E-state index contributed by atoms with van der Waals surface area (Å²) in [5, 5.41) is 12.6. The van der Waals surface area contributed by atoms with Gasteiger partial charge in [-0.3, -0.25) is 4.79 Å². The predicted molar refractivity (Wildman–Crippen MR) is 69.7 cm³/mol. The van der Waals surface area contributed by atoms with E-state index in [9.17, 15) is 4.79 Å². The van der Waals surface area contributed by atoms with Crippen molar-refractivity contribution in [2.45, 2.75) is 26.8 Å². The smallest absolute Gasteiger partial charge is 0.252 e. The van der Waals surface area contributed by atoms with Crippen LogP contribution in [-0.2, 0) is 0 Å². The lowest BCUT2D eigenvalue weighted by Crippen LogP contribution is -2.17. The minimum atomic E-state index is -0.475. The van der Waals surface area contributed by atoms with E-state index in [0.717, 1.165) is 11.1 Å². The van der Waals surface area contributed by atoms with E-state index in [-0.39, 0.29) is 11.6 Å². The van der Waals surface area contributed by atoms with Crippen LogP contribution in [0.15, 0.2) is 24.5 Å². The van der Waals surface area contributed by atoms with Gasteiger partial charge in [-0.05, 0) is 38.0 Å². The lowest BCUT2D eigenvalue weighted by Gasteiger charge is -2.11. The molecule has 1 aromatic carbocycles. The second-order valence-corrected chi connectivity index (χ2v) is 4.50. The summed E-state index contributed by atoms with van der Waals surface area (Å²) >= 11 is 0. The molecule has 0 aliphatic rings. The van der Waals surface area contributed by atoms with Gasteiger partial charge in [0.15, 0.2) is 5.78 Å². The van der Waals surface area contributed by atoms with Gasteiger partial charge in [0.25, 0.3) is 5.82 Å². The van der Waals surface area contributed by atoms with Gasteiger partial charge in [-0.15, -0.1) is 5.10 Å². The van der Waals surface area contributed by atoms with Crippen molar-refractivity contribution >= 4 is 5.78 Å². The summed E-state index contributed by atoms with van der Waals surface area (Å²) in [5.74, 6) is 0.0252. The number of nitrogens with zero attached hydrogens (tertiary/aromatic N) is 4. The first kappa shape index (κ1) is 13.0. The average Bonchev–Trinajstić information content (AvgIpc) is 2.89. The number of aromatic nitrogens is 3. The number of hydrogen-bond donors (Lipinski definition) is 0. The van der Waals surface area contributed by atoms with Crippen LogP contribution in [0.1, 0.15) is 40.3 Å². The highest BCUT2D eigenvalue weighted by Crippen LogP contribution is 2.16. The molecule has 1 unspecified atom stereocenters. The molecule has 0 saturated carbocycles. The fraction of sp³-hybridized carbons (Fsp3) is 0.286. The molecule has 0 radical (unpaired) electrons. The fourth-order valence-corrected chi connectivity index (χ4v) is 1.77. The van der Waals surface area contributed by atoms with Crippen LogP contribution >= 0.6 is 0 Å². The van der Waals surface area contributed by atoms with Gasteiger partial charge in [0.1, 0.15) is 18.4 Å². The molecular formula is C14H14N4O. The molecule has 0 amide bonds. The molecule has 5 nitrogen and oxygen atoms in total. The Balaban J connectivity index is 2.28. The van der Waals surface area contributed by atoms with Crippen LogP contribution in [-0.4, -0.2) is 20.5 Å². The number of ketones is 1. The third-order valence-electron chi connectivity index (χ3n) is 3.18. The van der Waals surface area contributed by atoms with Gasteiger partial charge in [-0.1, -0.05) is 12.1 Å². The number of rotatable bonds is 3. The third-order valence-corrected chi connectivity index (χ3v) is 3.18. The Labute approximate surface area is 111 Å². The van der Waals surface area contributed by atoms with Crippen molar-refractivity contribution < 1.29 is 4.79 Å². The zero-order valence-corrected chi connectivity index (χ0v) is 11.1. The first-order valence-electron chi connectivity index (χ1n) is 5.95. The van der Waals surface area contributed by atoms with Crippen LogP contribution in [0.4, 0.5) is 0 Å². The van der Waals surface area contributed by atoms with Gasteiger partial charge in [0, 0.05) is 5.56 Å². The SMILES string of the molecule is Cc1ccc(C(=O)C(C)n2cnc(C#N)n2)cc1C. The Morgan fingerprint density at radius 2 is 2.11 bits per heavy atom. The number of nitriles is 1. The molecule has 2 aromatic rings. The first-order chi connectivity index (χ1) is 9.02. The maximum absolute atomic E-state index is 12.3. The summed E-state index contributed by atoms with van der Waals surface area (Å²) in [5.41, 5.74) is 2.87. The zero-order chi connectivity index (χ0) is 14.0. The summed E-state index contributed by atoms with van der Waals surface area (Å²) < 4.78 is 1.41. The Kier molecular flexibility index (Phi) is 3.43. The quantitative estimate of drug-likeness (QED) is 0.787. The number of benzene rings is 1. The molecule has 1 aromatic heterocycles. The maximum Gasteiger partial charge on any atom is 0.252 e. The topological polar surface area (TPSA) is 71.6 Å². The van der Waals surface area contributed by atoms with Gasteiger partial charge in [0.2, 0.25) is 0 Å². The minimum absolute atomic E-state index is 0.0440. The first-order valence-corrected chi connectivity index (χ1v) is 5.95. The molecule has 0 spiro atoms. The van der Waals surface area contributed by atoms with E-state index in [1.807, 2.05) is 38.1 Å². The highest BCUT2D eigenvalue weighted by Gasteiger charge is 2.18. The van der Waals surface area contributed by atoms with Crippen LogP contribution in [0.5, 0.6) is 0 Å². The van der Waals surface area contributed by atoms with Crippen LogP contribution in [0.25, 0.3) is 0 Å². The van der Waals surface area contributed by atoms with Crippen molar-refractivity contribution in [2.75, 3.05) is 0 Å². The Morgan fingerprint density at radius 1 is 1.37 bits per heavy atom. The normalized spacial score (nSPS) is 11.9. The van der Waals surface area contributed by atoms with Crippen LogP contribution in [0.2, 0.25) is 0 Å². The molecule has 1 heterocycles. The minimum Gasteiger partial charge on any atom is -0.292 e. The summed E-state index contributed by atoms with van der Waals surface area (Å²) in [6.07, 6.45) is 1.40. The van der Waals surface area contributed by atoms with E-state index < -0.39 is 6.04 Å². The molecule has 19 heavy (non-hydrogen) atoms. The van der Waals surface area contributed by atoms with Crippen molar-refractivity contribution in [3.8, 4) is 6.07 Å². The molecule has 0 bridgehead atoms. The number of carbonyl (C=O) groups is 1. The molecular weight excluding hydrogens is 240 g/mol. The molecule has 5 heteroatoms. The summed E-state index contributed by atoms with van der Waals surface area (Å²) in [4.78, 5) is 16.1. The monoisotopic (exact) mass is 254 g/mol. The largest absolute Gasteiger partial charge is 0.292 e. The Bertz CT molecular complexity index is 666. The lowest BCUT2D eigenvalue weighted by molar-refractivity contribution is 0.0927. The van der Waals surface area contributed by atoms with Gasteiger partial charge in [-0.25, -0.2) is 9.67 Å². The number of carbonyl (C=O) groups excluding carboxylic acids is 1. The molecule has 1 atom stereocenters. The van der Waals surface area contributed by atoms with E-state index in [2.05, 4.69) is 10.1 Å². The third kappa shape index (κ3) is 2.52. The van der Waals surface area contributed by atoms with Gasteiger partial charge in [0.05, 0.1) is 0 Å². The average molecular weight is 254 g/mol. The summed E-state index contributed by atoms with van der Waals surface area (Å²) in [6.45, 7) is 5.72. The summed E-state index contributed by atoms with van der Waals surface area (Å²) in [6, 6.07) is 6.98. The second kappa shape index (κ2) is 5.02. The van der Waals surface area contributed by atoms with Crippen molar-refractivity contribution in [1.82, 2.24) is 14.8 Å². The van der Waals surface area contributed by atoms with E-state index in [4.69, 9.17) is 5.26 Å². The van der Waals surface area contributed by atoms with Crippen molar-refractivity contribution in [3.63, 3.8) is 0 Å². The van der Waals surface area contributed by atoms with Gasteiger partial charge < -0.3 is 0 Å². The molecule has 2 rings (SSSR count). The van der Waals surface area contributed by atoms with Crippen LogP contribution < -0.4 is 0 Å². The standard InChI is InChI=1S/C14H14N4O/c1-9-4-5-12(6-10(9)2)14(19)11(3)18-8-16-13(7-15)17-18/h4-6,8,11H,1-3H3. The van der Waals surface area contributed by atoms with Gasteiger partial charge >= 0.3 is 0 Å². The van der Waals surface area contributed by atoms with Crippen LogP contribution in [0.3, 0.4) is 0 Å². The number of aryl methyl sites for hydroxylation is 2. The summed E-state index contributed by atoms with van der Waals surface area (Å²) in [7, 11) is 0. The predicted octanol–water partition coefficient (Wildman–Crippen LogP) is 2.21. The van der Waals surface area contributed by atoms with Crippen molar-refractivity contribution in [2.24, 2.45) is 0 Å². The lowest BCUT2D eigenvalue weighted by atomic mass is 10.0. The van der Waals surface area contributed by atoms with Gasteiger partial charge in [-0.2, -0.15) is 5.26 Å². The highest BCUT2D eigenvalue weighted by molar-refractivity contribution is 5.98. The Hall–Kier alpha value is -2.48. The van der Waals surface area contributed by atoms with Crippen molar-refractivity contribution in [1.29, 1.82) is 5.26 Å². The van der Waals surface area contributed by atoms with E-state index in [1.54, 1.807) is 6.92 Å². The Morgan fingerprint density at radius 3 is 2.68 bits per heavy atom. The van der Waals surface area contributed by atoms with E-state index in [1.165, 1.54) is 11.0 Å². The second-order valence-electron chi connectivity index (χ2n) is 4.50. The molecule has 0 N–H and O–H groups in total. The maximum atomic E-state index is 12.3. The highest BCUT2D eigenvalue weighted by atomic mass is 16.1. The molecule has 96 valence electrons. The fourth-order valence-electron chi connectivity index (χ4n) is 1.77. The van der Waals surface area contributed by atoms with E-state index >= 15 is 0 Å². The number of hydrogen-bond acceptors (Lipinski definition) is 4. The van der Waals surface area contributed by atoms with Crippen LogP contribution in [0, 0.1) is 25.2 Å². The van der Waals surface area contributed by atoms with E-state index in [0.29, 0.717) is 5.56 Å². The molecule has 0 aliphatic carbocycles. The molecule has 0 saturated heterocycles. The van der Waals surface area contributed by atoms with Crippen molar-refractivity contribution in [3.05, 3.63) is 47.0 Å². The molecule has 0 fully saturated rings. The number of Topliss-reactive ketones (excluding diaryl/α,β-unsaturated/α-hetero) is 1. The molecule has 0 aliphatic heterocycles.